The van der Waals surface area contributed by atoms with Gasteiger partial charge in [-0.3, -0.25) is 0 Å². The van der Waals surface area contributed by atoms with Gasteiger partial charge in [-0.05, 0) is 18.3 Å². The smallest absolute Gasteiger partial charge is 0.171 e. The number of hydrogen-bond donors (Lipinski definition) is 0. The van der Waals surface area contributed by atoms with Gasteiger partial charge in [0.1, 0.15) is 0 Å². The van der Waals surface area contributed by atoms with Gasteiger partial charge in [-0.1, -0.05) is 59.8 Å². The summed E-state index contributed by atoms with van der Waals surface area (Å²) < 4.78 is 36.6. The molecule has 0 N–H and O–H groups in total. The Hall–Kier alpha value is -0.210. The van der Waals surface area contributed by atoms with E-state index >= 15 is 0 Å². The molecular weight excluding hydrogens is 225 g/mol. The molecule has 0 saturated heterocycles. The molecule has 0 rings (SSSR count). The standard InChI is InChI=1S/C14H27F3/c1-12(14(15,16)17)10-8-6-5-7-9-11-13(2,3)4/h12H,5-11H2,1-4H3. The van der Waals surface area contributed by atoms with Gasteiger partial charge < -0.3 is 0 Å². The molecule has 0 heterocycles. The molecule has 0 aromatic carbocycles. The van der Waals surface area contributed by atoms with Crippen LogP contribution in [0, 0.1) is 11.3 Å². The molecule has 0 radical (unpaired) electrons. The number of alkyl halides is 3. The average Bonchev–Trinajstić information content (AvgIpc) is 2.12. The lowest BCUT2D eigenvalue weighted by Crippen LogP contribution is -2.19. The summed E-state index contributed by atoms with van der Waals surface area (Å²) in [5.74, 6) is -1.14. The van der Waals surface area contributed by atoms with Crippen molar-refractivity contribution in [2.75, 3.05) is 0 Å². The summed E-state index contributed by atoms with van der Waals surface area (Å²) in [4.78, 5) is 0. The van der Waals surface area contributed by atoms with E-state index in [-0.39, 0.29) is 6.42 Å². The van der Waals surface area contributed by atoms with Crippen molar-refractivity contribution in [3.8, 4) is 0 Å². The predicted octanol–water partition coefficient (Wildman–Crippen LogP) is 5.96. The Labute approximate surface area is 104 Å². The fraction of sp³-hybridized carbons (Fsp3) is 1.00. The molecule has 104 valence electrons. The molecule has 17 heavy (non-hydrogen) atoms. The van der Waals surface area contributed by atoms with Crippen LogP contribution in [0.15, 0.2) is 0 Å². The van der Waals surface area contributed by atoms with E-state index in [9.17, 15) is 13.2 Å². The second-order valence-corrected chi connectivity index (χ2v) is 6.31. The molecule has 0 aliphatic carbocycles. The molecule has 0 saturated carbocycles. The first-order chi connectivity index (χ1) is 7.63. The summed E-state index contributed by atoms with van der Waals surface area (Å²) in [5, 5.41) is 0. The minimum Gasteiger partial charge on any atom is -0.171 e. The second-order valence-electron chi connectivity index (χ2n) is 6.31. The van der Waals surface area contributed by atoms with Crippen molar-refractivity contribution in [1.82, 2.24) is 0 Å². The van der Waals surface area contributed by atoms with E-state index in [2.05, 4.69) is 20.8 Å². The third-order valence-corrected chi connectivity index (χ3v) is 3.12. The van der Waals surface area contributed by atoms with Crippen LogP contribution in [0.5, 0.6) is 0 Å². The van der Waals surface area contributed by atoms with E-state index in [4.69, 9.17) is 0 Å². The van der Waals surface area contributed by atoms with Crippen molar-refractivity contribution in [2.24, 2.45) is 11.3 Å². The highest BCUT2D eigenvalue weighted by molar-refractivity contribution is 4.63. The first kappa shape index (κ1) is 16.8. The summed E-state index contributed by atoms with van der Waals surface area (Å²) >= 11 is 0. The van der Waals surface area contributed by atoms with Gasteiger partial charge in [0.25, 0.3) is 0 Å². The van der Waals surface area contributed by atoms with Crippen molar-refractivity contribution < 1.29 is 13.2 Å². The highest BCUT2D eigenvalue weighted by atomic mass is 19.4. The zero-order valence-electron chi connectivity index (χ0n) is 11.7. The second kappa shape index (κ2) is 7.27. The molecular formula is C14H27F3. The number of hydrogen-bond acceptors (Lipinski definition) is 0. The van der Waals surface area contributed by atoms with Gasteiger partial charge in [0, 0.05) is 0 Å². The van der Waals surface area contributed by atoms with Crippen LogP contribution in [0.2, 0.25) is 0 Å². The minimum absolute atomic E-state index is 0.281. The zero-order valence-corrected chi connectivity index (χ0v) is 11.7. The molecule has 1 unspecified atom stereocenters. The maximum absolute atomic E-state index is 12.2. The quantitative estimate of drug-likeness (QED) is 0.490. The van der Waals surface area contributed by atoms with Crippen molar-refractivity contribution >= 4 is 0 Å². The molecule has 1 atom stereocenters. The number of unbranched alkanes of at least 4 members (excludes halogenated alkanes) is 4. The third-order valence-electron chi connectivity index (χ3n) is 3.12. The van der Waals surface area contributed by atoms with Gasteiger partial charge in [-0.25, -0.2) is 0 Å². The zero-order chi connectivity index (χ0) is 13.5. The molecule has 0 bridgehead atoms. The van der Waals surface area contributed by atoms with E-state index in [0.29, 0.717) is 11.8 Å². The lowest BCUT2D eigenvalue weighted by Gasteiger charge is -2.17. The Bertz CT molecular complexity index is 189. The molecule has 0 nitrogen and oxygen atoms in total. The van der Waals surface area contributed by atoms with Gasteiger partial charge in [0.05, 0.1) is 5.92 Å². The minimum atomic E-state index is -4.01. The van der Waals surface area contributed by atoms with Crippen LogP contribution in [-0.4, -0.2) is 6.18 Å². The van der Waals surface area contributed by atoms with E-state index in [1.54, 1.807) is 0 Å². The molecule has 0 spiro atoms. The van der Waals surface area contributed by atoms with Gasteiger partial charge in [0.15, 0.2) is 0 Å². The van der Waals surface area contributed by atoms with Gasteiger partial charge >= 0.3 is 6.18 Å². The normalized spacial score (nSPS) is 15.0. The molecule has 0 aliphatic heterocycles. The van der Waals surface area contributed by atoms with E-state index < -0.39 is 12.1 Å². The maximum Gasteiger partial charge on any atom is 0.391 e. The Morgan fingerprint density at radius 1 is 0.824 bits per heavy atom. The number of rotatable bonds is 7. The predicted molar refractivity (Wildman–Crippen MR) is 67.0 cm³/mol. The van der Waals surface area contributed by atoms with Crippen molar-refractivity contribution in [3.63, 3.8) is 0 Å². The van der Waals surface area contributed by atoms with Crippen LogP contribution >= 0.6 is 0 Å². The summed E-state index contributed by atoms with van der Waals surface area (Å²) in [6.45, 7) is 7.94. The van der Waals surface area contributed by atoms with E-state index in [1.165, 1.54) is 19.8 Å². The van der Waals surface area contributed by atoms with Crippen molar-refractivity contribution in [1.29, 1.82) is 0 Å². The molecule has 3 heteroatoms. The van der Waals surface area contributed by atoms with E-state index in [0.717, 1.165) is 19.3 Å². The topological polar surface area (TPSA) is 0 Å². The fourth-order valence-corrected chi connectivity index (χ4v) is 1.80. The first-order valence-corrected chi connectivity index (χ1v) is 6.69. The maximum atomic E-state index is 12.2. The van der Waals surface area contributed by atoms with Crippen LogP contribution in [0.3, 0.4) is 0 Å². The molecule has 0 aromatic heterocycles. The molecule has 0 aliphatic rings. The number of halogens is 3. The lowest BCUT2D eigenvalue weighted by molar-refractivity contribution is -0.171. The van der Waals surface area contributed by atoms with Crippen LogP contribution in [-0.2, 0) is 0 Å². The Balaban J connectivity index is 3.36. The van der Waals surface area contributed by atoms with E-state index in [1.807, 2.05) is 0 Å². The van der Waals surface area contributed by atoms with Crippen molar-refractivity contribution in [2.45, 2.75) is 78.8 Å². The van der Waals surface area contributed by atoms with Crippen LogP contribution in [0.4, 0.5) is 13.2 Å². The van der Waals surface area contributed by atoms with Crippen LogP contribution in [0.25, 0.3) is 0 Å². The van der Waals surface area contributed by atoms with Gasteiger partial charge in [-0.15, -0.1) is 0 Å². The lowest BCUT2D eigenvalue weighted by atomic mass is 9.89. The monoisotopic (exact) mass is 252 g/mol. The first-order valence-electron chi connectivity index (χ1n) is 6.69. The molecule has 0 fully saturated rings. The Morgan fingerprint density at radius 3 is 1.76 bits per heavy atom. The van der Waals surface area contributed by atoms with Crippen LogP contribution in [0.1, 0.15) is 72.6 Å². The summed E-state index contributed by atoms with van der Waals surface area (Å²) in [7, 11) is 0. The van der Waals surface area contributed by atoms with Gasteiger partial charge in [0.2, 0.25) is 0 Å². The van der Waals surface area contributed by atoms with Crippen LogP contribution < -0.4 is 0 Å². The Kier molecular flexibility index (Phi) is 7.18. The average molecular weight is 252 g/mol. The Morgan fingerprint density at radius 2 is 1.29 bits per heavy atom. The van der Waals surface area contributed by atoms with Gasteiger partial charge in [-0.2, -0.15) is 13.2 Å². The fourth-order valence-electron chi connectivity index (χ4n) is 1.80. The highest BCUT2D eigenvalue weighted by Gasteiger charge is 2.34. The molecule has 0 amide bonds. The summed E-state index contributed by atoms with van der Waals surface area (Å²) in [5.41, 5.74) is 0.380. The largest absolute Gasteiger partial charge is 0.391 e. The third kappa shape index (κ3) is 10.7. The van der Waals surface area contributed by atoms with Crippen molar-refractivity contribution in [3.05, 3.63) is 0 Å². The summed E-state index contributed by atoms with van der Waals surface area (Å²) in [6.07, 6.45) is 2.53. The summed E-state index contributed by atoms with van der Waals surface area (Å²) in [6, 6.07) is 0. The molecule has 0 aromatic rings. The highest BCUT2D eigenvalue weighted by Crippen LogP contribution is 2.30. The SMILES string of the molecule is CC(CCCCCCCC(C)(C)C)C(F)(F)F.